The van der Waals surface area contributed by atoms with Crippen molar-refractivity contribution in [3.05, 3.63) is 65.0 Å². The molecule has 8 nitrogen and oxygen atoms in total. The molecule has 0 saturated carbocycles. The first-order chi connectivity index (χ1) is 20.5. The summed E-state index contributed by atoms with van der Waals surface area (Å²) < 4.78 is 21.7. The Morgan fingerprint density at radius 3 is 2.67 bits per heavy atom. The minimum absolute atomic E-state index is 0.138. The molecule has 232 valence electrons. The third-order valence-corrected chi connectivity index (χ3v) is 9.52. The molecule has 0 aliphatic carbocycles. The fraction of sp³-hybridized carbons (Fsp3) is 0.588. The van der Waals surface area contributed by atoms with Gasteiger partial charge in [0.25, 0.3) is 0 Å². The average Bonchev–Trinajstić information content (AvgIpc) is 3.51. The molecule has 5 heterocycles. The van der Waals surface area contributed by atoms with Crippen LogP contribution in [0.25, 0.3) is 5.52 Å². The van der Waals surface area contributed by atoms with Crippen molar-refractivity contribution >= 4 is 17.1 Å². The van der Waals surface area contributed by atoms with E-state index in [0.29, 0.717) is 31.6 Å². The average molecular weight is 591 g/mol. The van der Waals surface area contributed by atoms with E-state index < -0.39 is 0 Å². The number of benzene rings is 1. The Bertz CT molecular complexity index is 1470. The molecule has 0 bridgehead atoms. The van der Waals surface area contributed by atoms with Gasteiger partial charge in [-0.05, 0) is 49.6 Å². The number of imidazole rings is 1. The highest BCUT2D eigenvalue weighted by atomic mass is 19.1. The fourth-order valence-electron chi connectivity index (χ4n) is 7.22. The number of amides is 1. The van der Waals surface area contributed by atoms with Gasteiger partial charge < -0.3 is 15.0 Å². The van der Waals surface area contributed by atoms with Crippen LogP contribution in [-0.2, 0) is 21.4 Å². The van der Waals surface area contributed by atoms with E-state index in [1.165, 1.54) is 12.1 Å². The Kier molecular flexibility index (Phi) is 8.37. The van der Waals surface area contributed by atoms with Crippen molar-refractivity contribution in [2.75, 3.05) is 57.4 Å². The van der Waals surface area contributed by atoms with Crippen LogP contribution in [0.4, 0.5) is 10.1 Å². The molecule has 3 atom stereocenters. The molecule has 1 N–H and O–H groups in total. The quantitative estimate of drug-likeness (QED) is 0.445. The largest absolute Gasteiger partial charge is 0.379 e. The molecule has 43 heavy (non-hydrogen) atoms. The summed E-state index contributed by atoms with van der Waals surface area (Å²) in [6.45, 7) is 19.3. The molecule has 3 aliphatic rings. The van der Waals surface area contributed by atoms with E-state index in [0.717, 1.165) is 73.2 Å². The van der Waals surface area contributed by atoms with Crippen LogP contribution >= 0.6 is 0 Å². The molecule has 3 aliphatic heterocycles. The van der Waals surface area contributed by atoms with Gasteiger partial charge in [0.05, 0.1) is 42.9 Å². The van der Waals surface area contributed by atoms with Crippen molar-refractivity contribution in [3.8, 4) is 0 Å². The first kappa shape index (κ1) is 30.2. The predicted octanol–water partition coefficient (Wildman–Crippen LogP) is 4.19. The summed E-state index contributed by atoms with van der Waals surface area (Å²) in [5, 5.41) is 3.65. The van der Waals surface area contributed by atoms with Crippen LogP contribution in [0.1, 0.15) is 70.1 Å². The van der Waals surface area contributed by atoms with Crippen LogP contribution < -0.4 is 10.2 Å². The number of fused-ring (bicyclic) bond motifs is 3. The summed E-state index contributed by atoms with van der Waals surface area (Å²) in [6, 6.07) is 9.86. The number of nitrogens with one attached hydrogen (secondary N) is 1. The maximum atomic E-state index is 14.3. The molecule has 6 rings (SSSR count). The Balaban J connectivity index is 1.34. The van der Waals surface area contributed by atoms with Crippen molar-refractivity contribution < 1.29 is 13.9 Å². The monoisotopic (exact) mass is 590 g/mol. The SMILES string of the molecule is CC(C)c1ncc2c(Cc3ccc(F)cc3)cc3c(n12)C(C)(C)CN3C(=O)CN1C[C@@H](C)NC[C@@H]1CN1CCOC[C@H]1C. The van der Waals surface area contributed by atoms with E-state index >= 15 is 0 Å². The second kappa shape index (κ2) is 11.9. The number of anilines is 1. The summed E-state index contributed by atoms with van der Waals surface area (Å²) in [5.41, 5.74) is 5.05. The number of nitrogens with zero attached hydrogens (tertiary/aromatic N) is 5. The second-order valence-electron chi connectivity index (χ2n) is 13.9. The van der Waals surface area contributed by atoms with E-state index in [1.807, 2.05) is 23.2 Å². The number of aromatic nitrogens is 2. The normalized spacial score (nSPS) is 24.7. The molecule has 0 spiro atoms. The molecule has 0 unspecified atom stereocenters. The van der Waals surface area contributed by atoms with Crippen molar-refractivity contribution in [1.29, 1.82) is 0 Å². The molecular formula is C34H47FN6O2. The van der Waals surface area contributed by atoms with Gasteiger partial charge in [-0.3, -0.25) is 19.0 Å². The summed E-state index contributed by atoms with van der Waals surface area (Å²) >= 11 is 0. The number of rotatable bonds is 7. The van der Waals surface area contributed by atoms with E-state index in [4.69, 9.17) is 9.72 Å². The van der Waals surface area contributed by atoms with Crippen LogP contribution in [0.5, 0.6) is 0 Å². The standard InChI is InChI=1S/C34H47FN6O2/c1-22(2)33-37-16-30-26(13-25-7-9-27(35)10-8-25)14-29-32(41(30)33)34(5,6)21-40(29)31(42)19-39-17-23(3)36-15-28(39)18-38-11-12-43-20-24(38)4/h7-10,14,16,22-24,28,36H,11-13,15,17-21H2,1-6H3/t23-,24-,28-/m1/s1. The number of hydrogen-bond donors (Lipinski definition) is 1. The minimum atomic E-state index is -0.249. The lowest BCUT2D eigenvalue weighted by Crippen LogP contribution is -2.62. The molecule has 3 aromatic rings. The topological polar surface area (TPSA) is 65.4 Å². The summed E-state index contributed by atoms with van der Waals surface area (Å²) in [7, 11) is 0. The first-order valence-corrected chi connectivity index (χ1v) is 15.9. The number of carbonyl (C=O) groups excluding carboxylic acids is 1. The number of hydrogen-bond acceptors (Lipinski definition) is 6. The van der Waals surface area contributed by atoms with Gasteiger partial charge in [-0.25, -0.2) is 9.37 Å². The van der Waals surface area contributed by atoms with Crippen LogP contribution in [0.15, 0.2) is 36.5 Å². The highest BCUT2D eigenvalue weighted by Crippen LogP contribution is 2.43. The predicted molar refractivity (Wildman–Crippen MR) is 169 cm³/mol. The third kappa shape index (κ3) is 5.97. The Morgan fingerprint density at radius 1 is 1.19 bits per heavy atom. The zero-order chi connectivity index (χ0) is 30.5. The minimum Gasteiger partial charge on any atom is -0.379 e. The van der Waals surface area contributed by atoms with Crippen LogP contribution in [0.2, 0.25) is 0 Å². The summed E-state index contributed by atoms with van der Waals surface area (Å²) in [4.78, 5) is 26.1. The van der Waals surface area contributed by atoms with Gasteiger partial charge in [0.2, 0.25) is 5.91 Å². The molecule has 2 aromatic heterocycles. The highest BCUT2D eigenvalue weighted by Gasteiger charge is 2.42. The maximum Gasteiger partial charge on any atom is 0.241 e. The van der Waals surface area contributed by atoms with Crippen molar-refractivity contribution in [2.24, 2.45) is 0 Å². The molecule has 1 amide bonds. The number of pyridine rings is 1. The van der Waals surface area contributed by atoms with Crippen LogP contribution in [-0.4, -0.2) is 95.7 Å². The van der Waals surface area contributed by atoms with Crippen LogP contribution in [0, 0.1) is 5.82 Å². The van der Waals surface area contributed by atoms with E-state index in [9.17, 15) is 9.18 Å². The van der Waals surface area contributed by atoms with Crippen molar-refractivity contribution in [1.82, 2.24) is 24.5 Å². The van der Waals surface area contributed by atoms with Gasteiger partial charge >= 0.3 is 0 Å². The van der Waals surface area contributed by atoms with E-state index in [1.54, 1.807) is 0 Å². The third-order valence-electron chi connectivity index (χ3n) is 9.52. The number of halogens is 1. The molecule has 0 radical (unpaired) electrons. The molecule has 1 aromatic carbocycles. The lowest BCUT2D eigenvalue weighted by molar-refractivity contribution is -0.121. The first-order valence-electron chi connectivity index (χ1n) is 15.9. The van der Waals surface area contributed by atoms with E-state index in [2.05, 4.69) is 67.1 Å². The second-order valence-corrected chi connectivity index (χ2v) is 13.9. The Hall–Kier alpha value is -2.85. The Labute approximate surface area is 255 Å². The zero-order valence-electron chi connectivity index (χ0n) is 26.6. The lowest BCUT2D eigenvalue weighted by atomic mass is 9.90. The Morgan fingerprint density at radius 2 is 1.95 bits per heavy atom. The van der Waals surface area contributed by atoms with Gasteiger partial charge in [-0.2, -0.15) is 0 Å². The smallest absolute Gasteiger partial charge is 0.241 e. The number of ether oxygens (including phenoxy) is 1. The number of piperazine rings is 1. The molecule has 9 heteroatoms. The zero-order valence-corrected chi connectivity index (χ0v) is 26.6. The van der Waals surface area contributed by atoms with Crippen molar-refractivity contribution in [2.45, 2.75) is 77.4 Å². The van der Waals surface area contributed by atoms with Gasteiger partial charge in [0.15, 0.2) is 0 Å². The number of morpholine rings is 1. The summed E-state index contributed by atoms with van der Waals surface area (Å²) in [5.74, 6) is 1.12. The molecule has 2 fully saturated rings. The highest BCUT2D eigenvalue weighted by molar-refractivity contribution is 5.98. The number of carbonyl (C=O) groups is 1. The molecule has 2 saturated heterocycles. The van der Waals surface area contributed by atoms with Gasteiger partial charge in [0, 0.05) is 62.2 Å². The van der Waals surface area contributed by atoms with Gasteiger partial charge in [0.1, 0.15) is 11.6 Å². The van der Waals surface area contributed by atoms with E-state index in [-0.39, 0.29) is 29.1 Å². The maximum absolute atomic E-state index is 14.3. The van der Waals surface area contributed by atoms with Crippen molar-refractivity contribution in [3.63, 3.8) is 0 Å². The summed E-state index contributed by atoms with van der Waals surface area (Å²) in [6.07, 6.45) is 2.60. The van der Waals surface area contributed by atoms with Crippen LogP contribution in [0.3, 0.4) is 0 Å². The fourth-order valence-corrected chi connectivity index (χ4v) is 7.22. The molecular weight excluding hydrogens is 543 g/mol. The van der Waals surface area contributed by atoms with Gasteiger partial charge in [-0.1, -0.05) is 39.8 Å². The lowest BCUT2D eigenvalue weighted by Gasteiger charge is -2.43. The van der Waals surface area contributed by atoms with Gasteiger partial charge in [-0.15, -0.1) is 0 Å².